The molecular weight excluding hydrogens is 352 g/mol. The maximum Gasteiger partial charge on any atom is 0.243 e. The van der Waals surface area contributed by atoms with Crippen LogP contribution in [0.1, 0.15) is 44.2 Å². The number of hydrazone groups is 1. The summed E-state index contributed by atoms with van der Waals surface area (Å²) in [4.78, 5) is 12.9. The van der Waals surface area contributed by atoms with Crippen molar-refractivity contribution in [3.05, 3.63) is 59.7 Å². The molecule has 0 fully saturated rings. The summed E-state index contributed by atoms with van der Waals surface area (Å²) in [7, 11) is 3.26. The van der Waals surface area contributed by atoms with E-state index in [4.69, 9.17) is 9.47 Å². The number of carbonyl (C=O) groups is 1. The summed E-state index contributed by atoms with van der Waals surface area (Å²) in [5.74, 6) is 1.49. The molecule has 1 amide bonds. The van der Waals surface area contributed by atoms with E-state index in [-0.39, 0.29) is 11.4 Å². The highest BCUT2D eigenvalue weighted by Crippen LogP contribution is 2.34. The molecule has 0 atom stereocenters. The fraction of sp³-hybridized carbons (Fsp3) is 0.391. The Kier molecular flexibility index (Phi) is 6.02. The van der Waals surface area contributed by atoms with E-state index in [1.807, 2.05) is 36.4 Å². The quantitative estimate of drug-likeness (QED) is 0.713. The van der Waals surface area contributed by atoms with Crippen LogP contribution in [0, 0.1) is 0 Å². The number of carbonyl (C=O) groups excluding carboxylic acids is 1. The van der Waals surface area contributed by atoms with Gasteiger partial charge in [0.05, 0.1) is 25.5 Å². The summed E-state index contributed by atoms with van der Waals surface area (Å²) in [5, 5.41) is 6.33. The Labute approximate surface area is 167 Å². The van der Waals surface area contributed by atoms with Crippen molar-refractivity contribution in [2.24, 2.45) is 5.10 Å². The number of benzene rings is 2. The predicted octanol–water partition coefficient (Wildman–Crippen LogP) is 4.44. The lowest BCUT2D eigenvalue weighted by Gasteiger charge is -2.28. The number of nitrogens with zero attached hydrogens (tertiary/aromatic N) is 2. The van der Waals surface area contributed by atoms with Gasteiger partial charge in [-0.25, -0.2) is 5.01 Å². The molecule has 28 heavy (non-hydrogen) atoms. The Morgan fingerprint density at radius 2 is 1.86 bits per heavy atom. The second-order valence-corrected chi connectivity index (χ2v) is 7.65. The van der Waals surface area contributed by atoms with Gasteiger partial charge in [0.2, 0.25) is 5.91 Å². The molecule has 0 aliphatic carbocycles. The molecular formula is C23H28N2O3. The van der Waals surface area contributed by atoms with Gasteiger partial charge in [-0.1, -0.05) is 30.3 Å². The second-order valence-electron chi connectivity index (χ2n) is 7.65. The minimum atomic E-state index is -0.357. The molecule has 0 aromatic heterocycles. The first-order valence-electron chi connectivity index (χ1n) is 9.61. The number of hydrogen-bond donors (Lipinski definition) is 0. The van der Waals surface area contributed by atoms with E-state index in [0.29, 0.717) is 18.6 Å². The topological polar surface area (TPSA) is 51.1 Å². The van der Waals surface area contributed by atoms with Crippen LogP contribution in [0.5, 0.6) is 11.5 Å². The van der Waals surface area contributed by atoms with Gasteiger partial charge in [-0.15, -0.1) is 0 Å². The molecule has 3 rings (SSSR count). The lowest BCUT2D eigenvalue weighted by Crippen LogP contribution is -2.40. The lowest BCUT2D eigenvalue weighted by molar-refractivity contribution is -0.135. The van der Waals surface area contributed by atoms with Crippen molar-refractivity contribution in [3.63, 3.8) is 0 Å². The zero-order valence-electron chi connectivity index (χ0n) is 17.1. The van der Waals surface area contributed by atoms with Gasteiger partial charge in [-0.3, -0.25) is 4.79 Å². The van der Waals surface area contributed by atoms with Gasteiger partial charge in [0.25, 0.3) is 0 Å². The molecule has 5 heteroatoms. The Hall–Kier alpha value is -2.82. The Balaban J connectivity index is 1.72. The summed E-state index contributed by atoms with van der Waals surface area (Å²) in [5.41, 5.74) is 2.66. The zero-order valence-corrected chi connectivity index (χ0v) is 17.1. The van der Waals surface area contributed by atoms with Gasteiger partial charge < -0.3 is 9.47 Å². The third-order valence-electron chi connectivity index (χ3n) is 5.05. The van der Waals surface area contributed by atoms with Crippen LogP contribution in [-0.4, -0.2) is 36.4 Å². The first-order chi connectivity index (χ1) is 13.4. The fourth-order valence-electron chi connectivity index (χ4n) is 3.55. The molecule has 0 saturated heterocycles. The van der Waals surface area contributed by atoms with E-state index in [0.717, 1.165) is 29.9 Å². The van der Waals surface area contributed by atoms with Crippen molar-refractivity contribution in [2.75, 3.05) is 14.2 Å². The normalized spacial score (nSPS) is 15.3. The summed E-state index contributed by atoms with van der Waals surface area (Å²) in [6.07, 6.45) is 2.87. The highest BCUT2D eigenvalue weighted by atomic mass is 16.5. The van der Waals surface area contributed by atoms with Gasteiger partial charge in [0.15, 0.2) is 0 Å². The highest BCUT2D eigenvalue weighted by Gasteiger charge is 2.38. The zero-order chi connectivity index (χ0) is 20.1. The van der Waals surface area contributed by atoms with E-state index in [1.165, 1.54) is 5.56 Å². The van der Waals surface area contributed by atoms with Crippen LogP contribution < -0.4 is 9.47 Å². The first kappa shape index (κ1) is 19.9. The van der Waals surface area contributed by atoms with E-state index >= 15 is 0 Å². The summed E-state index contributed by atoms with van der Waals surface area (Å²) < 4.78 is 10.8. The summed E-state index contributed by atoms with van der Waals surface area (Å²) in [6.45, 7) is 4.10. The van der Waals surface area contributed by atoms with Crippen LogP contribution in [0.4, 0.5) is 0 Å². The third-order valence-corrected chi connectivity index (χ3v) is 5.05. The number of aryl methyl sites for hydroxylation is 1. The molecule has 148 valence electrons. The maximum absolute atomic E-state index is 12.9. The second kappa shape index (κ2) is 8.46. The van der Waals surface area contributed by atoms with Gasteiger partial charge in [-0.05, 0) is 44.4 Å². The standard InChI is InChI=1S/C23H28N2O3/c1-23(2)16-20(19-14-13-18(27-3)15-21(19)28-4)24-25(23)22(26)12-8-11-17-9-6-5-7-10-17/h5-7,9-10,13-15H,8,11-12,16H2,1-4H3. The highest BCUT2D eigenvalue weighted by molar-refractivity contribution is 6.05. The minimum Gasteiger partial charge on any atom is -0.497 e. The van der Waals surface area contributed by atoms with Crippen LogP contribution in [-0.2, 0) is 11.2 Å². The van der Waals surface area contributed by atoms with Crippen molar-refractivity contribution in [1.82, 2.24) is 5.01 Å². The van der Waals surface area contributed by atoms with Crippen LogP contribution in [0.3, 0.4) is 0 Å². The molecule has 0 radical (unpaired) electrons. The van der Waals surface area contributed by atoms with Gasteiger partial charge in [0.1, 0.15) is 11.5 Å². The monoisotopic (exact) mass is 380 g/mol. The largest absolute Gasteiger partial charge is 0.497 e. The first-order valence-corrected chi connectivity index (χ1v) is 9.61. The Morgan fingerprint density at radius 3 is 2.54 bits per heavy atom. The van der Waals surface area contributed by atoms with Gasteiger partial charge in [0, 0.05) is 24.5 Å². The minimum absolute atomic E-state index is 0.0587. The smallest absolute Gasteiger partial charge is 0.243 e. The average molecular weight is 380 g/mol. The third kappa shape index (κ3) is 4.35. The van der Waals surface area contributed by atoms with E-state index in [1.54, 1.807) is 19.2 Å². The molecule has 1 aliphatic rings. The molecule has 0 saturated carbocycles. The van der Waals surface area contributed by atoms with Crippen molar-refractivity contribution in [3.8, 4) is 11.5 Å². The predicted molar refractivity (Wildman–Crippen MR) is 111 cm³/mol. The van der Waals surface area contributed by atoms with Crippen LogP contribution in [0.2, 0.25) is 0 Å². The van der Waals surface area contributed by atoms with E-state index in [9.17, 15) is 4.79 Å². The van der Waals surface area contributed by atoms with E-state index in [2.05, 4.69) is 31.1 Å². The number of rotatable bonds is 7. The summed E-state index contributed by atoms with van der Waals surface area (Å²) >= 11 is 0. The Morgan fingerprint density at radius 1 is 1.11 bits per heavy atom. The molecule has 2 aromatic carbocycles. The number of ether oxygens (including phenoxy) is 2. The molecule has 0 unspecified atom stereocenters. The van der Waals surface area contributed by atoms with Crippen LogP contribution >= 0.6 is 0 Å². The molecule has 5 nitrogen and oxygen atoms in total. The lowest BCUT2D eigenvalue weighted by atomic mass is 9.94. The fourth-order valence-corrected chi connectivity index (χ4v) is 3.55. The maximum atomic E-state index is 12.9. The van der Waals surface area contributed by atoms with Crippen LogP contribution in [0.25, 0.3) is 0 Å². The van der Waals surface area contributed by atoms with Crippen molar-refractivity contribution in [2.45, 2.75) is 45.1 Å². The SMILES string of the molecule is COc1ccc(C2=NN(C(=O)CCCc3ccccc3)C(C)(C)C2)c(OC)c1. The van der Waals surface area contributed by atoms with E-state index < -0.39 is 0 Å². The Bertz CT molecular complexity index is 859. The average Bonchev–Trinajstić information content (AvgIpc) is 3.03. The molecule has 1 aliphatic heterocycles. The molecule has 1 heterocycles. The van der Waals surface area contributed by atoms with Crippen molar-refractivity contribution in [1.29, 1.82) is 0 Å². The molecule has 0 N–H and O–H groups in total. The number of hydrogen-bond acceptors (Lipinski definition) is 4. The molecule has 0 spiro atoms. The summed E-state index contributed by atoms with van der Waals surface area (Å²) in [6, 6.07) is 15.9. The van der Waals surface area contributed by atoms with Crippen molar-refractivity contribution >= 4 is 11.6 Å². The number of methoxy groups -OCH3 is 2. The van der Waals surface area contributed by atoms with Crippen LogP contribution in [0.15, 0.2) is 53.6 Å². The van der Waals surface area contributed by atoms with Crippen molar-refractivity contribution < 1.29 is 14.3 Å². The van der Waals surface area contributed by atoms with Gasteiger partial charge >= 0.3 is 0 Å². The number of amides is 1. The van der Waals surface area contributed by atoms with Gasteiger partial charge in [-0.2, -0.15) is 5.10 Å². The molecule has 0 bridgehead atoms. The molecule has 2 aromatic rings.